The lowest BCUT2D eigenvalue weighted by molar-refractivity contribution is 0.174. The maximum atomic E-state index is 5.12. The van der Waals surface area contributed by atoms with Crippen LogP contribution in [0.4, 0.5) is 0 Å². The predicted octanol–water partition coefficient (Wildman–Crippen LogP) is 6.74. The summed E-state index contributed by atoms with van der Waals surface area (Å²) in [7, 11) is 0. The summed E-state index contributed by atoms with van der Waals surface area (Å²) in [6.07, 6.45) is 3.59. The second kappa shape index (κ2) is 14.5. The van der Waals surface area contributed by atoms with Crippen molar-refractivity contribution >= 4 is 10.8 Å². The number of aryl methyl sites for hydroxylation is 2. The molecule has 0 spiro atoms. The quantitative estimate of drug-likeness (QED) is 0.439. The van der Waals surface area contributed by atoms with E-state index in [-0.39, 0.29) is 0 Å². The summed E-state index contributed by atoms with van der Waals surface area (Å²) in [5.41, 5.74) is 2.02. The molecule has 4 nitrogen and oxygen atoms in total. The molecule has 4 rings (SSSR count). The number of hydrogen-bond donors (Lipinski definition) is 0. The van der Waals surface area contributed by atoms with Crippen LogP contribution in [0.2, 0.25) is 0 Å². The van der Waals surface area contributed by atoms with Crippen LogP contribution < -0.4 is 9.47 Å². The Kier molecular flexibility index (Phi) is 13.1. The van der Waals surface area contributed by atoms with Crippen molar-refractivity contribution in [1.29, 1.82) is 0 Å². The lowest BCUT2D eigenvalue weighted by Gasteiger charge is -1.96. The molecule has 0 unspecified atom stereocenters. The van der Waals surface area contributed by atoms with Crippen LogP contribution in [-0.4, -0.2) is 16.8 Å². The van der Waals surface area contributed by atoms with Gasteiger partial charge in [-0.25, -0.2) is 0 Å². The van der Waals surface area contributed by atoms with Gasteiger partial charge in [-0.1, -0.05) is 65.8 Å². The fourth-order valence-electron chi connectivity index (χ4n) is 2.09. The number of ether oxygens (including phenoxy) is 2. The van der Waals surface area contributed by atoms with Gasteiger partial charge in [0.25, 0.3) is 0 Å². The van der Waals surface area contributed by atoms with Gasteiger partial charge in [0.2, 0.25) is 6.79 Å². The minimum Gasteiger partial charge on any atom is -0.453 e. The van der Waals surface area contributed by atoms with Gasteiger partial charge >= 0.3 is 0 Å². The van der Waals surface area contributed by atoms with Crippen molar-refractivity contribution in [3.05, 3.63) is 60.2 Å². The summed E-state index contributed by atoms with van der Waals surface area (Å²) in [5, 5.41) is 2.47. The van der Waals surface area contributed by atoms with Gasteiger partial charge in [0.15, 0.2) is 11.5 Å². The van der Waals surface area contributed by atoms with Crippen molar-refractivity contribution in [3.8, 4) is 11.5 Å². The minimum absolute atomic E-state index is 0.320. The second-order valence-corrected chi connectivity index (χ2v) is 4.85. The molecule has 2 aromatic heterocycles. The summed E-state index contributed by atoms with van der Waals surface area (Å²) in [5.74, 6) is 1.54. The van der Waals surface area contributed by atoms with Crippen molar-refractivity contribution in [2.45, 2.75) is 55.4 Å². The molecule has 1 aliphatic heterocycles. The first-order valence-corrected chi connectivity index (χ1v) is 9.76. The molecule has 0 saturated carbocycles. The van der Waals surface area contributed by atoms with Gasteiger partial charge in [-0.3, -0.25) is 9.97 Å². The molecule has 1 aromatic carbocycles. The Labute approximate surface area is 164 Å². The zero-order chi connectivity index (χ0) is 20.7. The number of aromatic nitrogens is 2. The summed E-state index contributed by atoms with van der Waals surface area (Å²) in [6.45, 7) is 16.2. The Morgan fingerprint density at radius 3 is 1.85 bits per heavy atom. The molecule has 4 heteroatoms. The van der Waals surface area contributed by atoms with Crippen molar-refractivity contribution in [2.75, 3.05) is 6.79 Å². The van der Waals surface area contributed by atoms with Gasteiger partial charge in [0.1, 0.15) is 0 Å². The van der Waals surface area contributed by atoms with E-state index in [0.717, 1.165) is 22.9 Å². The van der Waals surface area contributed by atoms with E-state index in [9.17, 15) is 0 Å². The molecule has 3 aromatic rings. The van der Waals surface area contributed by atoms with E-state index >= 15 is 0 Å². The highest BCUT2D eigenvalue weighted by Crippen LogP contribution is 2.30. The third kappa shape index (κ3) is 8.07. The van der Waals surface area contributed by atoms with Gasteiger partial charge in [0, 0.05) is 29.0 Å². The van der Waals surface area contributed by atoms with Crippen LogP contribution in [0.3, 0.4) is 0 Å². The van der Waals surface area contributed by atoms with Gasteiger partial charge in [-0.2, -0.15) is 0 Å². The normalized spacial score (nSPS) is 9.93. The molecule has 0 atom stereocenters. The smallest absolute Gasteiger partial charge is 0.231 e. The molecule has 0 amide bonds. The minimum atomic E-state index is 0.320. The molecule has 0 radical (unpaired) electrons. The Balaban J connectivity index is 0.000000394. The van der Waals surface area contributed by atoms with Crippen molar-refractivity contribution in [2.24, 2.45) is 0 Å². The van der Waals surface area contributed by atoms with E-state index in [1.807, 2.05) is 79.8 Å². The lowest BCUT2D eigenvalue weighted by Crippen LogP contribution is -1.92. The SMILES string of the molecule is CC.CC.CC.Cc1cc2c(cn1)OCO2.Cc1cc2ccccc2cn1. The number of hydrogen-bond acceptors (Lipinski definition) is 4. The van der Waals surface area contributed by atoms with E-state index in [0.29, 0.717) is 6.79 Å². The Morgan fingerprint density at radius 2 is 1.19 bits per heavy atom. The molecular formula is C23H34N2O2. The molecule has 1 aliphatic rings. The highest BCUT2D eigenvalue weighted by Gasteiger charge is 2.12. The third-order valence-electron chi connectivity index (χ3n) is 3.16. The zero-order valence-corrected chi connectivity index (χ0v) is 18.0. The first-order chi connectivity index (χ1) is 13.2. The summed E-state index contributed by atoms with van der Waals surface area (Å²) >= 11 is 0. The first-order valence-electron chi connectivity index (χ1n) is 9.76. The van der Waals surface area contributed by atoms with Gasteiger partial charge in [-0.15, -0.1) is 0 Å². The lowest BCUT2D eigenvalue weighted by atomic mass is 10.1. The highest BCUT2D eigenvalue weighted by atomic mass is 16.7. The summed E-state index contributed by atoms with van der Waals surface area (Å²) < 4.78 is 10.2. The Morgan fingerprint density at radius 1 is 0.667 bits per heavy atom. The van der Waals surface area contributed by atoms with Crippen molar-refractivity contribution in [3.63, 3.8) is 0 Å². The highest BCUT2D eigenvalue weighted by molar-refractivity contribution is 5.81. The van der Waals surface area contributed by atoms with Crippen LogP contribution in [0.5, 0.6) is 11.5 Å². The first kappa shape index (κ1) is 24.4. The summed E-state index contributed by atoms with van der Waals surface area (Å²) in [6, 6.07) is 12.2. The van der Waals surface area contributed by atoms with Gasteiger partial charge < -0.3 is 9.47 Å². The fraction of sp³-hybridized carbons (Fsp3) is 0.391. The number of benzene rings is 1. The van der Waals surface area contributed by atoms with E-state index < -0.39 is 0 Å². The molecule has 0 aliphatic carbocycles. The fourth-order valence-corrected chi connectivity index (χ4v) is 2.09. The standard InChI is InChI=1S/C10H9N.C7H7NO2.3C2H6/c1-8-6-9-4-2-3-5-10(9)7-11-8;1-5-2-6-7(3-8-5)10-4-9-6;3*1-2/h2-7H,1H3;2-3H,4H2,1H3;3*1-2H3. The molecular weight excluding hydrogens is 336 g/mol. The average Bonchev–Trinajstić information content (AvgIpc) is 3.20. The van der Waals surface area contributed by atoms with Crippen LogP contribution in [0, 0.1) is 13.8 Å². The molecule has 0 fully saturated rings. The molecule has 0 N–H and O–H groups in total. The Bertz CT molecular complexity index is 773. The average molecular weight is 371 g/mol. The van der Waals surface area contributed by atoms with E-state index in [4.69, 9.17) is 9.47 Å². The molecule has 3 heterocycles. The van der Waals surface area contributed by atoms with Crippen LogP contribution in [0.25, 0.3) is 10.8 Å². The molecule has 0 bridgehead atoms. The number of pyridine rings is 2. The number of rotatable bonds is 0. The third-order valence-corrected chi connectivity index (χ3v) is 3.16. The Hall–Kier alpha value is -2.62. The second-order valence-electron chi connectivity index (χ2n) is 4.85. The monoisotopic (exact) mass is 370 g/mol. The van der Waals surface area contributed by atoms with Crippen LogP contribution in [-0.2, 0) is 0 Å². The zero-order valence-electron chi connectivity index (χ0n) is 18.0. The molecule has 0 saturated heterocycles. The predicted molar refractivity (Wildman–Crippen MR) is 116 cm³/mol. The van der Waals surface area contributed by atoms with Gasteiger partial charge in [0.05, 0.1) is 6.20 Å². The topological polar surface area (TPSA) is 44.2 Å². The maximum absolute atomic E-state index is 5.12. The van der Waals surface area contributed by atoms with Crippen LogP contribution in [0.15, 0.2) is 48.8 Å². The molecule has 148 valence electrons. The summed E-state index contributed by atoms with van der Waals surface area (Å²) in [4.78, 5) is 8.25. The van der Waals surface area contributed by atoms with E-state index in [1.54, 1.807) is 6.20 Å². The van der Waals surface area contributed by atoms with Crippen LogP contribution in [0.1, 0.15) is 52.9 Å². The number of fused-ring (bicyclic) bond motifs is 2. The van der Waals surface area contributed by atoms with E-state index in [1.165, 1.54) is 10.8 Å². The maximum Gasteiger partial charge on any atom is 0.231 e. The molecule has 27 heavy (non-hydrogen) atoms. The van der Waals surface area contributed by atoms with Crippen LogP contribution >= 0.6 is 0 Å². The van der Waals surface area contributed by atoms with Gasteiger partial charge in [-0.05, 0) is 25.3 Å². The largest absolute Gasteiger partial charge is 0.453 e. The van der Waals surface area contributed by atoms with Crippen molar-refractivity contribution in [1.82, 2.24) is 9.97 Å². The van der Waals surface area contributed by atoms with Crippen molar-refractivity contribution < 1.29 is 9.47 Å². The number of nitrogens with zero attached hydrogens (tertiary/aromatic N) is 2. The van der Waals surface area contributed by atoms with E-state index in [2.05, 4.69) is 28.2 Å².